The fourth-order valence-electron chi connectivity index (χ4n) is 3.76. The van der Waals surface area contributed by atoms with Crippen LogP contribution < -0.4 is 5.32 Å². The average molecular weight is 489 g/mol. The number of aryl methyl sites for hydroxylation is 1. The van der Waals surface area contributed by atoms with Crippen LogP contribution >= 0.6 is 11.6 Å². The third-order valence-electron chi connectivity index (χ3n) is 5.56. The Labute approximate surface area is 200 Å². The number of carbonyl (C=O) groups is 2. The molecule has 2 aromatic carbocycles. The van der Waals surface area contributed by atoms with Gasteiger partial charge in [0.15, 0.2) is 11.7 Å². The number of piperazine rings is 1. The summed E-state index contributed by atoms with van der Waals surface area (Å²) >= 11 is 6.07. The van der Waals surface area contributed by atoms with Crippen LogP contribution in [0.2, 0.25) is 5.02 Å². The van der Waals surface area contributed by atoms with Crippen molar-refractivity contribution in [3.8, 4) is 11.3 Å². The van der Waals surface area contributed by atoms with Crippen molar-refractivity contribution in [2.45, 2.75) is 12.8 Å². The molecule has 34 heavy (non-hydrogen) atoms. The summed E-state index contributed by atoms with van der Waals surface area (Å²) in [5.41, 5.74) is 0.290. The molecule has 178 valence electrons. The lowest BCUT2D eigenvalue weighted by molar-refractivity contribution is -0.133. The lowest BCUT2D eigenvalue weighted by Gasteiger charge is -2.34. The SMILES string of the molecule is O=C(CN1CCN(C(=O)CCc2ncc(-c3c(F)cccc3F)o2)CC1)Nc1ccccc1Cl. The summed E-state index contributed by atoms with van der Waals surface area (Å²) in [7, 11) is 0. The lowest BCUT2D eigenvalue weighted by atomic mass is 10.1. The molecule has 0 bridgehead atoms. The van der Waals surface area contributed by atoms with Gasteiger partial charge in [0.05, 0.1) is 29.0 Å². The van der Waals surface area contributed by atoms with Gasteiger partial charge < -0.3 is 14.6 Å². The van der Waals surface area contributed by atoms with E-state index in [1.165, 1.54) is 12.3 Å². The predicted octanol–water partition coefficient (Wildman–Crippen LogP) is 3.99. The largest absolute Gasteiger partial charge is 0.441 e. The molecule has 10 heteroatoms. The molecule has 4 rings (SSSR count). The van der Waals surface area contributed by atoms with Crippen LogP contribution in [0.25, 0.3) is 11.3 Å². The molecule has 0 saturated carbocycles. The molecule has 0 atom stereocenters. The molecule has 3 aromatic rings. The number of nitrogens with zero attached hydrogens (tertiary/aromatic N) is 3. The number of amides is 2. The monoisotopic (exact) mass is 488 g/mol. The van der Waals surface area contributed by atoms with Crippen LogP contribution in [-0.2, 0) is 16.0 Å². The van der Waals surface area contributed by atoms with Gasteiger partial charge in [-0.05, 0) is 24.3 Å². The number of aromatic nitrogens is 1. The molecule has 1 saturated heterocycles. The van der Waals surface area contributed by atoms with Gasteiger partial charge in [0.2, 0.25) is 11.8 Å². The van der Waals surface area contributed by atoms with Crippen LogP contribution in [0.3, 0.4) is 0 Å². The van der Waals surface area contributed by atoms with Crippen molar-refractivity contribution in [3.05, 3.63) is 71.2 Å². The minimum absolute atomic E-state index is 0.0123. The highest BCUT2D eigenvalue weighted by Gasteiger charge is 2.23. The summed E-state index contributed by atoms with van der Waals surface area (Å²) in [5.74, 6) is -1.49. The van der Waals surface area contributed by atoms with Gasteiger partial charge in [-0.3, -0.25) is 14.5 Å². The molecule has 1 aliphatic rings. The van der Waals surface area contributed by atoms with Crippen LogP contribution in [0.5, 0.6) is 0 Å². The van der Waals surface area contributed by atoms with Crippen LogP contribution in [0.4, 0.5) is 14.5 Å². The van der Waals surface area contributed by atoms with Crippen LogP contribution in [0, 0.1) is 11.6 Å². The number of rotatable bonds is 7. The van der Waals surface area contributed by atoms with E-state index in [9.17, 15) is 18.4 Å². The molecule has 2 amide bonds. The Morgan fingerprint density at radius 3 is 2.44 bits per heavy atom. The third-order valence-corrected chi connectivity index (χ3v) is 5.89. The Kier molecular flexibility index (Phi) is 7.54. The highest BCUT2D eigenvalue weighted by molar-refractivity contribution is 6.33. The van der Waals surface area contributed by atoms with Crippen LogP contribution in [0.15, 0.2) is 53.1 Å². The molecule has 0 spiro atoms. The molecule has 0 aliphatic carbocycles. The Hall–Kier alpha value is -3.30. The molecule has 0 unspecified atom stereocenters. The zero-order valence-electron chi connectivity index (χ0n) is 18.3. The number of anilines is 1. The summed E-state index contributed by atoms with van der Waals surface area (Å²) in [5, 5.41) is 3.27. The first kappa shape index (κ1) is 23.8. The van der Waals surface area contributed by atoms with E-state index in [2.05, 4.69) is 10.3 Å². The Morgan fingerprint density at radius 2 is 1.74 bits per heavy atom. The zero-order chi connectivity index (χ0) is 24.1. The first-order valence-electron chi connectivity index (χ1n) is 10.8. The molecule has 1 aliphatic heterocycles. The normalized spacial score (nSPS) is 14.3. The Balaban J connectivity index is 1.23. The van der Waals surface area contributed by atoms with E-state index >= 15 is 0 Å². The number of hydrogen-bond acceptors (Lipinski definition) is 5. The maximum Gasteiger partial charge on any atom is 0.238 e. The summed E-state index contributed by atoms with van der Waals surface area (Å²) < 4.78 is 33.3. The first-order valence-corrected chi connectivity index (χ1v) is 11.2. The van der Waals surface area contributed by atoms with Crippen LogP contribution in [0.1, 0.15) is 12.3 Å². The van der Waals surface area contributed by atoms with E-state index < -0.39 is 11.6 Å². The van der Waals surface area contributed by atoms with Gasteiger partial charge in [-0.25, -0.2) is 13.8 Å². The number of oxazole rings is 1. The molecule has 1 N–H and O–H groups in total. The van der Waals surface area contributed by atoms with Gasteiger partial charge in [0.1, 0.15) is 11.6 Å². The molecule has 1 fully saturated rings. The van der Waals surface area contributed by atoms with Gasteiger partial charge in [0, 0.05) is 39.0 Å². The van der Waals surface area contributed by atoms with Gasteiger partial charge >= 0.3 is 0 Å². The molecule has 0 radical (unpaired) electrons. The lowest BCUT2D eigenvalue weighted by Crippen LogP contribution is -2.50. The number of halogens is 3. The summed E-state index contributed by atoms with van der Waals surface area (Å²) in [6, 6.07) is 10.6. The zero-order valence-corrected chi connectivity index (χ0v) is 19.0. The van der Waals surface area contributed by atoms with E-state index in [1.807, 2.05) is 4.90 Å². The molecule has 7 nitrogen and oxygen atoms in total. The van der Waals surface area contributed by atoms with E-state index in [1.54, 1.807) is 29.2 Å². The van der Waals surface area contributed by atoms with Crippen molar-refractivity contribution >= 4 is 29.1 Å². The predicted molar refractivity (Wildman–Crippen MR) is 123 cm³/mol. The topological polar surface area (TPSA) is 78.7 Å². The van der Waals surface area contributed by atoms with E-state index in [0.717, 1.165) is 12.1 Å². The number of carbonyl (C=O) groups excluding carboxylic acids is 2. The third kappa shape index (κ3) is 5.78. The van der Waals surface area contributed by atoms with Crippen molar-refractivity contribution in [1.29, 1.82) is 0 Å². The quantitative estimate of drug-likeness (QED) is 0.544. The second kappa shape index (κ2) is 10.8. The van der Waals surface area contributed by atoms with Crippen molar-refractivity contribution in [2.24, 2.45) is 0 Å². The smallest absolute Gasteiger partial charge is 0.238 e. The maximum atomic E-state index is 13.9. The van der Waals surface area contributed by atoms with Gasteiger partial charge in [-0.2, -0.15) is 0 Å². The first-order chi connectivity index (χ1) is 16.4. The number of benzene rings is 2. The highest BCUT2D eigenvalue weighted by Crippen LogP contribution is 2.27. The summed E-state index contributed by atoms with van der Waals surface area (Å²) in [6.07, 6.45) is 1.63. The number of nitrogens with one attached hydrogen (secondary N) is 1. The fraction of sp³-hybridized carbons (Fsp3) is 0.292. The number of para-hydroxylation sites is 1. The average Bonchev–Trinajstić information content (AvgIpc) is 3.28. The molecular weight excluding hydrogens is 466 g/mol. The van der Waals surface area contributed by atoms with Crippen LogP contribution in [-0.4, -0.2) is 59.3 Å². The second-order valence-electron chi connectivity index (χ2n) is 7.90. The molecular formula is C24H23ClF2N4O3. The Morgan fingerprint density at radius 1 is 1.03 bits per heavy atom. The van der Waals surface area contributed by atoms with Crippen molar-refractivity contribution in [3.63, 3.8) is 0 Å². The summed E-state index contributed by atoms with van der Waals surface area (Å²) in [4.78, 5) is 32.6. The van der Waals surface area contributed by atoms with Crippen molar-refractivity contribution < 1.29 is 22.8 Å². The number of hydrogen-bond donors (Lipinski definition) is 1. The van der Waals surface area contributed by atoms with Gasteiger partial charge in [-0.15, -0.1) is 0 Å². The van der Waals surface area contributed by atoms with Gasteiger partial charge in [0.25, 0.3) is 0 Å². The minimum Gasteiger partial charge on any atom is -0.441 e. The van der Waals surface area contributed by atoms with E-state index in [4.69, 9.17) is 16.0 Å². The minimum atomic E-state index is -0.739. The second-order valence-corrected chi connectivity index (χ2v) is 8.31. The molecule has 2 heterocycles. The van der Waals surface area contributed by atoms with Crippen molar-refractivity contribution in [2.75, 3.05) is 38.0 Å². The van der Waals surface area contributed by atoms with Gasteiger partial charge in [-0.1, -0.05) is 29.8 Å². The fourth-order valence-corrected chi connectivity index (χ4v) is 3.94. The Bertz CT molecular complexity index is 1160. The molecule has 1 aromatic heterocycles. The van der Waals surface area contributed by atoms with E-state index in [-0.39, 0.29) is 48.4 Å². The maximum absolute atomic E-state index is 13.9. The van der Waals surface area contributed by atoms with E-state index in [0.29, 0.717) is 36.9 Å². The van der Waals surface area contributed by atoms with Crippen molar-refractivity contribution in [1.82, 2.24) is 14.8 Å². The highest BCUT2D eigenvalue weighted by atomic mass is 35.5. The standard InChI is InChI=1S/C24H23ClF2N4O3/c25-16-4-1-2-7-19(16)29-21(32)15-30-10-12-31(13-11-30)23(33)9-8-22-28-14-20(34-22)24-17(26)5-3-6-18(24)27/h1-7,14H,8-13,15H2,(H,29,32). The summed E-state index contributed by atoms with van der Waals surface area (Å²) in [6.45, 7) is 2.33.